The van der Waals surface area contributed by atoms with E-state index in [-0.39, 0.29) is 0 Å². The van der Waals surface area contributed by atoms with Gasteiger partial charge in [-0.15, -0.1) is 0 Å². The summed E-state index contributed by atoms with van der Waals surface area (Å²) in [6.07, 6.45) is 3.57. The first kappa shape index (κ1) is 13.2. The van der Waals surface area contributed by atoms with Gasteiger partial charge in [0.2, 0.25) is 0 Å². The van der Waals surface area contributed by atoms with Crippen LogP contribution in [-0.2, 0) is 6.54 Å². The highest BCUT2D eigenvalue weighted by Gasteiger charge is 2.11. The first-order valence-electron chi connectivity index (χ1n) is 6.05. The lowest BCUT2D eigenvalue weighted by Crippen LogP contribution is -2.41. The number of rotatable bonds is 7. The van der Waals surface area contributed by atoms with Crippen molar-refractivity contribution < 1.29 is 0 Å². The Balaban J connectivity index is 2.18. The topological polar surface area (TPSA) is 44.0 Å². The fourth-order valence-electron chi connectivity index (χ4n) is 1.93. The summed E-state index contributed by atoms with van der Waals surface area (Å²) in [5.74, 6) is 0. The molecule has 0 fully saturated rings. The highest BCUT2D eigenvalue weighted by atomic mass is 15.2. The van der Waals surface area contributed by atoms with Crippen LogP contribution in [0.1, 0.15) is 33.4 Å². The Bertz CT molecular complexity index is 259. The molecule has 0 saturated carbocycles. The van der Waals surface area contributed by atoms with E-state index in [4.69, 9.17) is 0 Å². The van der Waals surface area contributed by atoms with Gasteiger partial charge in [0.1, 0.15) is 0 Å². The molecule has 0 saturated heterocycles. The van der Waals surface area contributed by atoms with Gasteiger partial charge in [-0.1, -0.05) is 0 Å². The van der Waals surface area contributed by atoms with Gasteiger partial charge in [-0.3, -0.25) is 4.90 Å². The average molecular weight is 224 g/mol. The summed E-state index contributed by atoms with van der Waals surface area (Å²) in [7, 11) is 0. The van der Waals surface area contributed by atoms with Crippen molar-refractivity contribution in [3.8, 4) is 0 Å². The van der Waals surface area contributed by atoms with Crippen LogP contribution in [0.4, 0.5) is 0 Å². The summed E-state index contributed by atoms with van der Waals surface area (Å²) in [4.78, 5) is 9.56. The monoisotopic (exact) mass is 224 g/mol. The fraction of sp³-hybridized carbons (Fsp3) is 0.750. The van der Waals surface area contributed by atoms with Crippen LogP contribution >= 0.6 is 0 Å². The lowest BCUT2D eigenvalue weighted by atomic mass is 10.2. The second-order valence-electron chi connectivity index (χ2n) is 4.68. The zero-order valence-electron chi connectivity index (χ0n) is 10.8. The summed E-state index contributed by atoms with van der Waals surface area (Å²) < 4.78 is 0. The molecular weight excluding hydrogens is 200 g/mol. The van der Waals surface area contributed by atoms with E-state index < -0.39 is 0 Å². The van der Waals surface area contributed by atoms with Crippen LogP contribution in [0, 0.1) is 0 Å². The van der Waals surface area contributed by atoms with Crippen LogP contribution in [0.5, 0.6) is 0 Å². The van der Waals surface area contributed by atoms with E-state index >= 15 is 0 Å². The number of hydrogen-bond donors (Lipinski definition) is 2. The largest absolute Gasteiger partial charge is 0.347 e. The van der Waals surface area contributed by atoms with E-state index in [0.717, 1.165) is 25.3 Å². The van der Waals surface area contributed by atoms with Gasteiger partial charge in [-0.2, -0.15) is 0 Å². The Morgan fingerprint density at radius 2 is 2.00 bits per heavy atom. The smallest absolute Gasteiger partial charge is 0.0922 e. The molecule has 0 atom stereocenters. The van der Waals surface area contributed by atoms with Crippen molar-refractivity contribution in [3.05, 3.63) is 18.2 Å². The number of nitrogens with zero attached hydrogens (tertiary/aromatic N) is 2. The van der Waals surface area contributed by atoms with Crippen LogP contribution < -0.4 is 5.32 Å². The van der Waals surface area contributed by atoms with Gasteiger partial charge in [0.15, 0.2) is 0 Å². The minimum Gasteiger partial charge on any atom is -0.347 e. The zero-order chi connectivity index (χ0) is 12.0. The molecule has 0 radical (unpaired) electrons. The van der Waals surface area contributed by atoms with E-state index in [1.54, 1.807) is 6.33 Å². The maximum absolute atomic E-state index is 3.99. The van der Waals surface area contributed by atoms with Gasteiger partial charge in [0, 0.05) is 43.6 Å². The second kappa shape index (κ2) is 6.66. The van der Waals surface area contributed by atoms with Crippen molar-refractivity contribution in [3.63, 3.8) is 0 Å². The van der Waals surface area contributed by atoms with Gasteiger partial charge in [-0.25, -0.2) is 4.98 Å². The van der Waals surface area contributed by atoms with Crippen LogP contribution in [0.15, 0.2) is 12.5 Å². The van der Waals surface area contributed by atoms with E-state index in [9.17, 15) is 0 Å². The molecule has 0 aliphatic rings. The summed E-state index contributed by atoms with van der Waals surface area (Å²) in [5, 5.41) is 3.42. The third kappa shape index (κ3) is 4.33. The molecule has 4 heteroatoms. The Morgan fingerprint density at radius 1 is 1.31 bits per heavy atom. The highest BCUT2D eigenvalue weighted by molar-refractivity contribution is 4.93. The van der Waals surface area contributed by atoms with Crippen molar-refractivity contribution in [2.45, 2.75) is 46.3 Å². The number of hydrogen-bond acceptors (Lipinski definition) is 3. The Morgan fingerprint density at radius 3 is 2.50 bits per heavy atom. The van der Waals surface area contributed by atoms with Gasteiger partial charge < -0.3 is 10.3 Å². The Kier molecular flexibility index (Phi) is 5.49. The summed E-state index contributed by atoms with van der Waals surface area (Å²) in [5.41, 5.74) is 1.14. The molecule has 1 aromatic heterocycles. The lowest BCUT2D eigenvalue weighted by molar-refractivity contribution is 0.175. The van der Waals surface area contributed by atoms with E-state index in [1.807, 2.05) is 6.20 Å². The van der Waals surface area contributed by atoms with Crippen LogP contribution in [0.3, 0.4) is 0 Å². The van der Waals surface area contributed by atoms with E-state index in [2.05, 4.69) is 47.9 Å². The zero-order valence-corrected chi connectivity index (χ0v) is 10.8. The maximum Gasteiger partial charge on any atom is 0.0922 e. The molecule has 1 aromatic rings. The molecule has 4 nitrogen and oxygen atoms in total. The molecule has 0 aliphatic carbocycles. The number of aromatic nitrogens is 2. The quantitative estimate of drug-likeness (QED) is 0.692. The molecule has 1 heterocycles. The molecule has 0 unspecified atom stereocenters. The van der Waals surface area contributed by atoms with Crippen molar-refractivity contribution in [2.24, 2.45) is 0 Å². The molecule has 1 rings (SSSR count). The number of nitrogens with one attached hydrogen (secondary N) is 2. The van der Waals surface area contributed by atoms with Gasteiger partial charge in [0.05, 0.1) is 6.33 Å². The molecule has 0 spiro atoms. The standard InChI is InChI=1S/C12H24N4/c1-10(2)16(11(3)4)6-5-13-7-12-8-14-9-15-12/h8-11,13H,5-7H2,1-4H3,(H,14,15). The minimum atomic E-state index is 0.606. The first-order valence-corrected chi connectivity index (χ1v) is 6.05. The molecule has 2 N–H and O–H groups in total. The number of H-pyrrole nitrogens is 1. The maximum atomic E-state index is 3.99. The van der Waals surface area contributed by atoms with Crippen molar-refractivity contribution in [1.29, 1.82) is 0 Å². The highest BCUT2D eigenvalue weighted by Crippen LogP contribution is 2.03. The number of imidazole rings is 1. The third-order valence-electron chi connectivity index (χ3n) is 2.74. The third-order valence-corrected chi connectivity index (χ3v) is 2.74. The molecule has 0 amide bonds. The van der Waals surface area contributed by atoms with E-state index in [0.29, 0.717) is 12.1 Å². The Hall–Kier alpha value is -0.870. The van der Waals surface area contributed by atoms with Crippen LogP contribution in [-0.4, -0.2) is 40.0 Å². The molecule has 92 valence electrons. The molecule has 0 bridgehead atoms. The second-order valence-corrected chi connectivity index (χ2v) is 4.68. The summed E-state index contributed by atoms with van der Waals surface area (Å²) in [6.45, 7) is 11.9. The van der Waals surface area contributed by atoms with Crippen molar-refractivity contribution >= 4 is 0 Å². The predicted octanol–water partition coefficient (Wildman–Crippen LogP) is 1.62. The van der Waals surface area contributed by atoms with Crippen molar-refractivity contribution in [2.75, 3.05) is 13.1 Å². The minimum absolute atomic E-state index is 0.606. The lowest BCUT2D eigenvalue weighted by Gasteiger charge is -2.30. The summed E-state index contributed by atoms with van der Waals surface area (Å²) in [6, 6.07) is 1.21. The fourth-order valence-corrected chi connectivity index (χ4v) is 1.93. The van der Waals surface area contributed by atoms with E-state index in [1.165, 1.54) is 0 Å². The van der Waals surface area contributed by atoms with Crippen molar-refractivity contribution in [1.82, 2.24) is 20.2 Å². The van der Waals surface area contributed by atoms with Gasteiger partial charge >= 0.3 is 0 Å². The van der Waals surface area contributed by atoms with Gasteiger partial charge in [0.25, 0.3) is 0 Å². The molecular formula is C12H24N4. The normalized spacial score (nSPS) is 11.9. The summed E-state index contributed by atoms with van der Waals surface area (Å²) >= 11 is 0. The van der Waals surface area contributed by atoms with Crippen LogP contribution in [0.2, 0.25) is 0 Å². The molecule has 16 heavy (non-hydrogen) atoms. The first-order chi connectivity index (χ1) is 7.61. The molecule has 0 aromatic carbocycles. The Labute approximate surface area is 98.5 Å². The van der Waals surface area contributed by atoms with Gasteiger partial charge in [-0.05, 0) is 27.7 Å². The predicted molar refractivity (Wildman–Crippen MR) is 67.3 cm³/mol. The molecule has 0 aliphatic heterocycles. The average Bonchev–Trinajstić information content (AvgIpc) is 2.68. The number of aromatic amines is 1. The van der Waals surface area contributed by atoms with Crippen LogP contribution in [0.25, 0.3) is 0 Å². The SMILES string of the molecule is CC(C)N(CCNCc1cnc[nH]1)C(C)C.